The highest BCUT2D eigenvalue weighted by Gasteiger charge is 2.29. The van der Waals surface area contributed by atoms with Gasteiger partial charge in [-0.2, -0.15) is 0 Å². The fraction of sp³-hybridized carbons (Fsp3) is 0.333. The monoisotopic (exact) mass is 426 g/mol. The fourth-order valence-corrected chi connectivity index (χ4v) is 5.47. The minimum Gasteiger partial charge on any atom is -0.126 e. The van der Waals surface area contributed by atoms with Crippen LogP contribution < -0.4 is 0 Å². The van der Waals surface area contributed by atoms with Crippen molar-refractivity contribution in [3.05, 3.63) is 65.7 Å². The van der Waals surface area contributed by atoms with Gasteiger partial charge in [-0.1, -0.05) is 79.9 Å². The first-order valence-electron chi connectivity index (χ1n) is 7.07. The average molecular weight is 428 g/mol. The number of thioether (sulfide) groups is 1. The summed E-state index contributed by atoms with van der Waals surface area (Å²) >= 11 is 9.41. The molecule has 0 fully saturated rings. The maximum Gasteiger partial charge on any atom is 0.0155 e. The molecule has 21 heavy (non-hydrogen) atoms. The molecule has 0 bridgehead atoms. The quantitative estimate of drug-likeness (QED) is 0.374. The Balaban J connectivity index is 2.06. The first-order valence-corrected chi connectivity index (χ1v) is 10.3. The van der Waals surface area contributed by atoms with E-state index in [4.69, 9.17) is 0 Å². The van der Waals surface area contributed by atoms with E-state index in [2.05, 4.69) is 93.4 Å². The average Bonchev–Trinajstić information content (AvgIpc) is 2.54. The Morgan fingerprint density at radius 3 is 2.10 bits per heavy atom. The standard InChI is InChI=1S/C18H20Br2S/c1-15-7-9-16(10-8-15)18(13-19,14-20)11-12-21-17-5-3-2-4-6-17/h2-10H,11-14H2,1H3. The van der Waals surface area contributed by atoms with Crippen LogP contribution >= 0.6 is 43.6 Å². The first-order chi connectivity index (χ1) is 10.2. The van der Waals surface area contributed by atoms with Crippen molar-refractivity contribution in [3.8, 4) is 0 Å². The zero-order valence-corrected chi connectivity index (χ0v) is 16.2. The normalized spacial score (nSPS) is 11.6. The van der Waals surface area contributed by atoms with E-state index in [1.807, 2.05) is 11.8 Å². The van der Waals surface area contributed by atoms with Crippen molar-refractivity contribution in [3.63, 3.8) is 0 Å². The highest BCUT2D eigenvalue weighted by molar-refractivity contribution is 9.09. The third-order valence-electron chi connectivity index (χ3n) is 3.77. The van der Waals surface area contributed by atoms with E-state index in [0.717, 1.165) is 22.8 Å². The van der Waals surface area contributed by atoms with Crippen LogP contribution in [0.25, 0.3) is 0 Å². The van der Waals surface area contributed by atoms with Gasteiger partial charge in [0.05, 0.1) is 0 Å². The van der Waals surface area contributed by atoms with Crippen LogP contribution in [0.15, 0.2) is 59.5 Å². The van der Waals surface area contributed by atoms with E-state index >= 15 is 0 Å². The predicted molar refractivity (Wildman–Crippen MR) is 102 cm³/mol. The van der Waals surface area contributed by atoms with Crippen molar-refractivity contribution in [2.75, 3.05) is 16.4 Å². The van der Waals surface area contributed by atoms with Gasteiger partial charge in [0, 0.05) is 21.0 Å². The third kappa shape index (κ3) is 4.61. The number of hydrogen-bond acceptors (Lipinski definition) is 1. The molecule has 2 aromatic carbocycles. The van der Waals surface area contributed by atoms with Crippen LogP contribution in [0.3, 0.4) is 0 Å². The van der Waals surface area contributed by atoms with Crippen molar-refractivity contribution in [2.24, 2.45) is 0 Å². The fourth-order valence-electron chi connectivity index (χ4n) is 2.26. The third-order valence-corrected chi connectivity index (χ3v) is 6.93. The van der Waals surface area contributed by atoms with Crippen LogP contribution in [0.2, 0.25) is 0 Å². The van der Waals surface area contributed by atoms with Gasteiger partial charge in [0.15, 0.2) is 0 Å². The molecular formula is C18H20Br2S. The number of rotatable bonds is 7. The van der Waals surface area contributed by atoms with Crippen LogP contribution in [-0.4, -0.2) is 16.4 Å². The van der Waals surface area contributed by atoms with Crippen molar-refractivity contribution >= 4 is 43.6 Å². The lowest BCUT2D eigenvalue weighted by atomic mass is 9.82. The lowest BCUT2D eigenvalue weighted by Crippen LogP contribution is -2.31. The first kappa shape index (κ1) is 17.1. The zero-order valence-electron chi connectivity index (χ0n) is 12.2. The second kappa shape index (κ2) is 8.40. The summed E-state index contributed by atoms with van der Waals surface area (Å²) in [5.74, 6) is 1.12. The van der Waals surface area contributed by atoms with E-state index in [9.17, 15) is 0 Å². The number of benzene rings is 2. The number of halogens is 2. The summed E-state index contributed by atoms with van der Waals surface area (Å²) < 4.78 is 0. The second-order valence-corrected chi connectivity index (χ2v) is 7.61. The topological polar surface area (TPSA) is 0 Å². The largest absolute Gasteiger partial charge is 0.126 e. The van der Waals surface area contributed by atoms with Gasteiger partial charge < -0.3 is 0 Å². The number of aryl methyl sites for hydroxylation is 1. The Morgan fingerprint density at radius 2 is 1.52 bits per heavy atom. The molecular weight excluding hydrogens is 408 g/mol. The molecule has 0 saturated heterocycles. The molecule has 0 saturated carbocycles. The van der Waals surface area contributed by atoms with E-state index < -0.39 is 0 Å². The molecule has 0 atom stereocenters. The van der Waals surface area contributed by atoms with Gasteiger partial charge in [0.1, 0.15) is 0 Å². The summed E-state index contributed by atoms with van der Waals surface area (Å²) in [6.07, 6.45) is 1.14. The lowest BCUT2D eigenvalue weighted by molar-refractivity contribution is 0.538. The molecule has 0 amide bonds. The Kier molecular flexibility index (Phi) is 6.84. The van der Waals surface area contributed by atoms with Gasteiger partial charge in [0.2, 0.25) is 0 Å². The van der Waals surface area contributed by atoms with Crippen LogP contribution in [0.1, 0.15) is 17.5 Å². The minimum absolute atomic E-state index is 0.162. The van der Waals surface area contributed by atoms with Crippen LogP contribution in [-0.2, 0) is 5.41 Å². The van der Waals surface area contributed by atoms with Crippen LogP contribution in [0, 0.1) is 6.92 Å². The zero-order chi connectivity index (χ0) is 15.1. The molecule has 0 heterocycles. The molecule has 0 spiro atoms. The van der Waals surface area contributed by atoms with Crippen molar-refractivity contribution < 1.29 is 0 Å². The summed E-state index contributed by atoms with van der Waals surface area (Å²) in [5.41, 5.74) is 2.89. The minimum atomic E-state index is 0.162. The van der Waals surface area contributed by atoms with E-state index in [-0.39, 0.29) is 5.41 Å². The molecule has 0 unspecified atom stereocenters. The highest BCUT2D eigenvalue weighted by Crippen LogP contribution is 2.35. The van der Waals surface area contributed by atoms with E-state index in [1.165, 1.54) is 16.0 Å². The maximum absolute atomic E-state index is 3.74. The molecule has 0 aromatic heterocycles. The molecule has 2 aromatic rings. The highest BCUT2D eigenvalue weighted by atomic mass is 79.9. The molecule has 0 aliphatic rings. The van der Waals surface area contributed by atoms with Gasteiger partial charge in [-0.05, 0) is 36.8 Å². The van der Waals surface area contributed by atoms with Crippen molar-refractivity contribution in [1.29, 1.82) is 0 Å². The van der Waals surface area contributed by atoms with Crippen LogP contribution in [0.5, 0.6) is 0 Å². The molecule has 112 valence electrons. The lowest BCUT2D eigenvalue weighted by Gasteiger charge is -2.31. The Labute approximate surface area is 149 Å². The molecule has 0 nitrogen and oxygen atoms in total. The van der Waals surface area contributed by atoms with Gasteiger partial charge >= 0.3 is 0 Å². The Bertz CT molecular complexity index is 533. The molecule has 0 N–H and O–H groups in total. The predicted octanol–water partition coefficient (Wildman–Crippen LogP) is 6.21. The van der Waals surface area contributed by atoms with Gasteiger partial charge in [-0.15, -0.1) is 11.8 Å². The van der Waals surface area contributed by atoms with E-state index in [0.29, 0.717) is 0 Å². The molecule has 0 aliphatic carbocycles. The SMILES string of the molecule is Cc1ccc(C(CBr)(CBr)CCSc2ccccc2)cc1. The van der Waals surface area contributed by atoms with Crippen molar-refractivity contribution in [1.82, 2.24) is 0 Å². The van der Waals surface area contributed by atoms with Gasteiger partial charge in [-0.25, -0.2) is 0 Å². The summed E-state index contributed by atoms with van der Waals surface area (Å²) in [6.45, 7) is 2.14. The van der Waals surface area contributed by atoms with E-state index in [1.54, 1.807) is 0 Å². The number of alkyl halides is 2. The van der Waals surface area contributed by atoms with Crippen LogP contribution in [0.4, 0.5) is 0 Å². The second-order valence-electron chi connectivity index (χ2n) is 5.33. The number of hydrogen-bond donors (Lipinski definition) is 0. The van der Waals surface area contributed by atoms with Gasteiger partial charge in [-0.3, -0.25) is 0 Å². The molecule has 3 heteroatoms. The Hall–Kier alpha value is -0.250. The maximum atomic E-state index is 3.74. The smallest absolute Gasteiger partial charge is 0.0155 e. The Morgan fingerprint density at radius 1 is 0.905 bits per heavy atom. The van der Waals surface area contributed by atoms with Gasteiger partial charge in [0.25, 0.3) is 0 Å². The molecule has 0 aliphatic heterocycles. The van der Waals surface area contributed by atoms with Crippen molar-refractivity contribution in [2.45, 2.75) is 23.7 Å². The summed E-state index contributed by atoms with van der Waals surface area (Å²) in [5, 5.41) is 1.95. The summed E-state index contributed by atoms with van der Waals surface area (Å²) in [4.78, 5) is 1.35. The summed E-state index contributed by atoms with van der Waals surface area (Å²) in [6, 6.07) is 19.6. The summed E-state index contributed by atoms with van der Waals surface area (Å²) in [7, 11) is 0. The molecule has 2 rings (SSSR count). The molecule has 0 radical (unpaired) electrons.